The highest BCUT2D eigenvalue weighted by molar-refractivity contribution is 4.75. The monoisotopic (exact) mass is 161 g/mol. The molecule has 0 saturated carbocycles. The first kappa shape index (κ1) is 10.9. The van der Waals surface area contributed by atoms with Gasteiger partial charge in [-0.25, -0.2) is 0 Å². The Hall–Kier alpha value is -0.120. The summed E-state index contributed by atoms with van der Waals surface area (Å²) in [6.07, 6.45) is 0.594. The van der Waals surface area contributed by atoms with Crippen LogP contribution in [0, 0.1) is 5.92 Å². The Kier molecular flexibility index (Phi) is 4.00. The molecule has 11 heavy (non-hydrogen) atoms. The molecule has 2 N–H and O–H groups in total. The minimum atomic E-state index is -1.05. The van der Waals surface area contributed by atoms with Crippen molar-refractivity contribution in [3.63, 3.8) is 0 Å². The van der Waals surface area contributed by atoms with Crippen LogP contribution in [0.1, 0.15) is 20.3 Å². The minimum absolute atomic E-state index is 0.210. The van der Waals surface area contributed by atoms with Crippen LogP contribution in [0.3, 0.4) is 0 Å². The quantitative estimate of drug-likeness (QED) is 0.582. The van der Waals surface area contributed by atoms with Crippen LogP contribution in [-0.4, -0.2) is 41.5 Å². The number of hydrogen-bond donors (Lipinski definition) is 2. The van der Waals surface area contributed by atoms with E-state index in [1.807, 2.05) is 13.8 Å². The predicted octanol–water partition coefficient (Wildman–Crippen LogP) is 0.275. The van der Waals surface area contributed by atoms with Crippen LogP contribution in [0.2, 0.25) is 0 Å². The van der Waals surface area contributed by atoms with Crippen LogP contribution in [0.25, 0.3) is 0 Å². The number of aliphatic hydroxyl groups excluding tert-OH is 1. The lowest BCUT2D eigenvalue weighted by Gasteiger charge is -2.34. The van der Waals surface area contributed by atoms with E-state index in [1.54, 1.807) is 19.0 Å². The maximum absolute atomic E-state index is 9.74. The van der Waals surface area contributed by atoms with Crippen molar-refractivity contribution < 1.29 is 10.2 Å². The number of nitrogens with zero attached hydrogens (tertiary/aromatic N) is 1. The van der Waals surface area contributed by atoms with Crippen molar-refractivity contribution in [1.82, 2.24) is 4.90 Å². The first-order valence-electron chi connectivity index (χ1n) is 3.93. The molecule has 0 aromatic carbocycles. The molecule has 0 heterocycles. The smallest absolute Gasteiger partial charge is 0.141 e. The first-order valence-corrected chi connectivity index (χ1v) is 3.93. The van der Waals surface area contributed by atoms with Gasteiger partial charge in [0, 0.05) is 0 Å². The van der Waals surface area contributed by atoms with Crippen molar-refractivity contribution in [2.24, 2.45) is 5.92 Å². The Labute approximate surface area is 68.6 Å². The maximum atomic E-state index is 9.74. The van der Waals surface area contributed by atoms with Crippen LogP contribution in [0.4, 0.5) is 0 Å². The van der Waals surface area contributed by atoms with Gasteiger partial charge in [-0.1, -0.05) is 13.8 Å². The van der Waals surface area contributed by atoms with Crippen molar-refractivity contribution >= 4 is 0 Å². The highest BCUT2D eigenvalue weighted by Gasteiger charge is 2.29. The Balaban J connectivity index is 4.10. The summed E-state index contributed by atoms with van der Waals surface area (Å²) in [7, 11) is 3.52. The average Bonchev–Trinajstić information content (AvgIpc) is 1.86. The Bertz CT molecular complexity index is 115. The Morgan fingerprint density at radius 2 is 1.82 bits per heavy atom. The summed E-state index contributed by atoms with van der Waals surface area (Å²) >= 11 is 0. The fourth-order valence-corrected chi connectivity index (χ4v) is 1.04. The molecule has 0 fully saturated rings. The van der Waals surface area contributed by atoms with E-state index in [2.05, 4.69) is 0 Å². The molecule has 0 saturated heterocycles. The van der Waals surface area contributed by atoms with Gasteiger partial charge in [0.15, 0.2) is 0 Å². The van der Waals surface area contributed by atoms with Crippen LogP contribution in [0.15, 0.2) is 0 Å². The highest BCUT2D eigenvalue weighted by Crippen LogP contribution is 2.17. The molecule has 0 rings (SSSR count). The zero-order valence-electron chi connectivity index (χ0n) is 7.83. The third-order valence-electron chi connectivity index (χ3n) is 1.82. The number of rotatable bonds is 4. The lowest BCUT2D eigenvalue weighted by molar-refractivity contribution is -0.128. The molecule has 0 spiro atoms. The van der Waals surface area contributed by atoms with Crippen molar-refractivity contribution in [2.45, 2.75) is 26.0 Å². The SMILES string of the molecule is CC(C)CC(O)(CO)N(C)C. The fourth-order valence-electron chi connectivity index (χ4n) is 1.04. The van der Waals surface area contributed by atoms with E-state index < -0.39 is 5.72 Å². The molecule has 0 aliphatic carbocycles. The molecule has 0 aromatic rings. The van der Waals surface area contributed by atoms with Crippen molar-refractivity contribution in [2.75, 3.05) is 20.7 Å². The molecule has 0 aromatic heterocycles. The largest absolute Gasteiger partial charge is 0.392 e. The Morgan fingerprint density at radius 1 is 1.36 bits per heavy atom. The second-order valence-electron chi connectivity index (χ2n) is 3.63. The van der Waals surface area contributed by atoms with Crippen molar-refractivity contribution in [1.29, 1.82) is 0 Å². The van der Waals surface area contributed by atoms with Gasteiger partial charge in [0.05, 0.1) is 6.61 Å². The standard InChI is InChI=1S/C8H19NO2/c1-7(2)5-8(11,6-10)9(3)4/h7,10-11H,5-6H2,1-4H3. The van der Waals surface area contributed by atoms with Crippen molar-refractivity contribution in [3.8, 4) is 0 Å². The molecule has 1 unspecified atom stereocenters. The van der Waals surface area contributed by atoms with E-state index >= 15 is 0 Å². The lowest BCUT2D eigenvalue weighted by atomic mass is 10.0. The summed E-state index contributed by atoms with van der Waals surface area (Å²) in [6.45, 7) is 3.83. The van der Waals surface area contributed by atoms with Crippen LogP contribution in [0.5, 0.6) is 0 Å². The Morgan fingerprint density at radius 3 is 1.91 bits per heavy atom. The van der Waals surface area contributed by atoms with E-state index in [0.717, 1.165) is 0 Å². The third kappa shape index (κ3) is 3.18. The molecular formula is C8H19NO2. The fraction of sp³-hybridized carbons (Fsp3) is 1.00. The topological polar surface area (TPSA) is 43.7 Å². The number of aliphatic hydroxyl groups is 2. The summed E-state index contributed by atoms with van der Waals surface area (Å²) in [5.74, 6) is 0.384. The molecule has 3 heteroatoms. The van der Waals surface area contributed by atoms with Crippen LogP contribution >= 0.6 is 0 Å². The maximum Gasteiger partial charge on any atom is 0.141 e. The summed E-state index contributed by atoms with van der Waals surface area (Å²) < 4.78 is 0. The van der Waals surface area contributed by atoms with Gasteiger partial charge in [-0.3, -0.25) is 4.90 Å². The van der Waals surface area contributed by atoms with Crippen molar-refractivity contribution in [3.05, 3.63) is 0 Å². The van der Waals surface area contributed by atoms with Gasteiger partial charge in [-0.05, 0) is 26.4 Å². The van der Waals surface area contributed by atoms with E-state index in [0.29, 0.717) is 12.3 Å². The van der Waals surface area contributed by atoms with Gasteiger partial charge < -0.3 is 10.2 Å². The number of hydrogen-bond acceptors (Lipinski definition) is 3. The van der Waals surface area contributed by atoms with Gasteiger partial charge in [0.2, 0.25) is 0 Å². The molecule has 0 aliphatic rings. The van der Waals surface area contributed by atoms with Crippen LogP contribution < -0.4 is 0 Å². The summed E-state index contributed by atoms with van der Waals surface area (Å²) in [4.78, 5) is 1.65. The minimum Gasteiger partial charge on any atom is -0.392 e. The summed E-state index contributed by atoms with van der Waals surface area (Å²) in [5, 5.41) is 18.7. The molecular weight excluding hydrogens is 142 g/mol. The molecule has 1 atom stereocenters. The second kappa shape index (κ2) is 4.04. The molecule has 0 amide bonds. The average molecular weight is 161 g/mol. The van der Waals surface area contributed by atoms with Gasteiger partial charge >= 0.3 is 0 Å². The zero-order chi connectivity index (χ0) is 9.07. The summed E-state index contributed by atoms with van der Waals surface area (Å²) in [6, 6.07) is 0. The van der Waals surface area contributed by atoms with Gasteiger partial charge in [-0.2, -0.15) is 0 Å². The van der Waals surface area contributed by atoms with Gasteiger partial charge in [-0.15, -0.1) is 0 Å². The van der Waals surface area contributed by atoms with E-state index in [-0.39, 0.29) is 6.61 Å². The predicted molar refractivity (Wildman–Crippen MR) is 45.2 cm³/mol. The normalized spacial score (nSPS) is 17.5. The second-order valence-corrected chi connectivity index (χ2v) is 3.63. The molecule has 0 aliphatic heterocycles. The summed E-state index contributed by atoms with van der Waals surface area (Å²) in [5.41, 5.74) is -1.05. The lowest BCUT2D eigenvalue weighted by Crippen LogP contribution is -2.48. The molecule has 68 valence electrons. The molecule has 0 bridgehead atoms. The zero-order valence-corrected chi connectivity index (χ0v) is 7.83. The first-order chi connectivity index (χ1) is 4.92. The van der Waals surface area contributed by atoms with E-state index in [9.17, 15) is 5.11 Å². The number of likely N-dealkylation sites (N-methyl/N-ethyl adjacent to an activating group) is 1. The third-order valence-corrected chi connectivity index (χ3v) is 1.82. The molecule has 3 nitrogen and oxygen atoms in total. The van der Waals surface area contributed by atoms with E-state index in [1.165, 1.54) is 0 Å². The highest BCUT2D eigenvalue weighted by atomic mass is 16.3. The van der Waals surface area contributed by atoms with Crippen LogP contribution in [-0.2, 0) is 0 Å². The molecule has 0 radical (unpaired) electrons. The van der Waals surface area contributed by atoms with E-state index in [4.69, 9.17) is 5.11 Å². The van der Waals surface area contributed by atoms with Gasteiger partial charge in [0.25, 0.3) is 0 Å². The van der Waals surface area contributed by atoms with Gasteiger partial charge in [0.1, 0.15) is 5.72 Å².